The SMILES string of the molecule is O=C(NCc1ccc(C(=O)c2ccccc2)s1)c1ccc(-c2ccccc2)cc1. The molecular formula is C25H19NO2S. The fraction of sp³-hybridized carbons (Fsp3) is 0.0400. The van der Waals surface area contributed by atoms with Crippen LogP contribution in [0.2, 0.25) is 0 Å². The van der Waals surface area contributed by atoms with Gasteiger partial charge in [-0.3, -0.25) is 9.59 Å². The Balaban J connectivity index is 1.38. The van der Waals surface area contributed by atoms with Crippen molar-refractivity contribution in [3.05, 3.63) is 118 Å². The largest absolute Gasteiger partial charge is 0.347 e. The monoisotopic (exact) mass is 397 g/mol. The van der Waals surface area contributed by atoms with Gasteiger partial charge in [-0.1, -0.05) is 72.8 Å². The first-order valence-corrected chi connectivity index (χ1v) is 10.1. The highest BCUT2D eigenvalue weighted by Gasteiger charge is 2.12. The minimum atomic E-state index is -0.131. The summed E-state index contributed by atoms with van der Waals surface area (Å²) in [5.41, 5.74) is 3.48. The van der Waals surface area contributed by atoms with Crippen LogP contribution in [-0.4, -0.2) is 11.7 Å². The fourth-order valence-electron chi connectivity index (χ4n) is 3.04. The Morgan fingerprint density at radius 1 is 0.655 bits per heavy atom. The summed E-state index contributed by atoms with van der Waals surface area (Å²) in [6, 6.07) is 30.5. The van der Waals surface area contributed by atoms with Crippen LogP contribution in [0.25, 0.3) is 11.1 Å². The van der Waals surface area contributed by atoms with Crippen LogP contribution < -0.4 is 5.32 Å². The third kappa shape index (κ3) is 4.50. The molecule has 1 amide bonds. The minimum absolute atomic E-state index is 0.00433. The van der Waals surface area contributed by atoms with Gasteiger partial charge in [0.15, 0.2) is 0 Å². The van der Waals surface area contributed by atoms with Gasteiger partial charge >= 0.3 is 0 Å². The number of carbonyl (C=O) groups excluding carboxylic acids is 2. The number of hydrogen-bond donors (Lipinski definition) is 1. The lowest BCUT2D eigenvalue weighted by molar-refractivity contribution is 0.0950. The minimum Gasteiger partial charge on any atom is -0.347 e. The summed E-state index contributed by atoms with van der Waals surface area (Å²) in [5.74, 6) is -0.126. The van der Waals surface area contributed by atoms with Crippen molar-refractivity contribution >= 4 is 23.0 Å². The Morgan fingerprint density at radius 2 is 1.28 bits per heavy atom. The standard InChI is InChI=1S/C25H19NO2S/c27-24(20-9-5-2-6-10-20)23-16-15-22(29-23)17-26-25(28)21-13-11-19(12-14-21)18-7-3-1-4-8-18/h1-16H,17H2,(H,26,28). The first-order chi connectivity index (χ1) is 14.2. The highest BCUT2D eigenvalue weighted by atomic mass is 32.1. The van der Waals surface area contributed by atoms with E-state index in [-0.39, 0.29) is 11.7 Å². The number of carbonyl (C=O) groups is 2. The molecule has 29 heavy (non-hydrogen) atoms. The lowest BCUT2D eigenvalue weighted by atomic mass is 10.0. The van der Waals surface area contributed by atoms with Crippen molar-refractivity contribution in [2.45, 2.75) is 6.54 Å². The quantitative estimate of drug-likeness (QED) is 0.432. The summed E-state index contributed by atoms with van der Waals surface area (Å²) in [6.07, 6.45) is 0. The second-order valence-electron chi connectivity index (χ2n) is 6.59. The van der Waals surface area contributed by atoms with E-state index in [9.17, 15) is 9.59 Å². The molecule has 4 heteroatoms. The van der Waals surface area contributed by atoms with Crippen molar-refractivity contribution in [2.75, 3.05) is 0 Å². The topological polar surface area (TPSA) is 46.2 Å². The molecule has 4 aromatic rings. The summed E-state index contributed by atoms with van der Waals surface area (Å²) in [6.45, 7) is 0.395. The maximum atomic E-state index is 12.5. The first-order valence-electron chi connectivity index (χ1n) is 9.33. The zero-order chi connectivity index (χ0) is 20.1. The maximum Gasteiger partial charge on any atom is 0.251 e. The second kappa shape index (κ2) is 8.67. The molecule has 0 aliphatic carbocycles. The molecule has 142 valence electrons. The van der Waals surface area contributed by atoms with Gasteiger partial charge in [-0.15, -0.1) is 11.3 Å². The van der Waals surface area contributed by atoms with Crippen LogP contribution in [0.1, 0.15) is 30.5 Å². The molecule has 0 saturated carbocycles. The number of ketones is 1. The lowest BCUT2D eigenvalue weighted by Gasteiger charge is -2.06. The predicted molar refractivity (Wildman–Crippen MR) is 117 cm³/mol. The van der Waals surface area contributed by atoms with E-state index in [1.807, 2.05) is 97.1 Å². The molecule has 4 rings (SSSR count). The molecule has 0 spiro atoms. The number of rotatable bonds is 6. The molecule has 0 radical (unpaired) electrons. The molecule has 1 aromatic heterocycles. The van der Waals surface area contributed by atoms with E-state index in [4.69, 9.17) is 0 Å². The lowest BCUT2D eigenvalue weighted by Crippen LogP contribution is -2.22. The Hall–Kier alpha value is -3.50. The number of thiophene rings is 1. The molecule has 1 heterocycles. The normalized spacial score (nSPS) is 10.5. The van der Waals surface area contributed by atoms with Gasteiger partial charge in [-0.2, -0.15) is 0 Å². The molecule has 1 N–H and O–H groups in total. The molecule has 0 aliphatic rings. The average Bonchev–Trinajstić information content (AvgIpc) is 3.27. The summed E-state index contributed by atoms with van der Waals surface area (Å²) < 4.78 is 0. The Kier molecular flexibility index (Phi) is 5.63. The third-order valence-electron chi connectivity index (χ3n) is 4.60. The van der Waals surface area contributed by atoms with Gasteiger partial charge in [0, 0.05) is 16.0 Å². The van der Waals surface area contributed by atoms with Crippen LogP contribution in [-0.2, 0) is 6.54 Å². The molecule has 0 unspecified atom stereocenters. The predicted octanol–water partition coefficient (Wildman–Crippen LogP) is 5.58. The smallest absolute Gasteiger partial charge is 0.251 e. The van der Waals surface area contributed by atoms with Crippen molar-refractivity contribution in [2.24, 2.45) is 0 Å². The summed E-state index contributed by atoms with van der Waals surface area (Å²) >= 11 is 1.41. The molecule has 0 atom stereocenters. The third-order valence-corrected chi connectivity index (χ3v) is 5.68. The highest BCUT2D eigenvalue weighted by molar-refractivity contribution is 7.14. The fourth-order valence-corrected chi connectivity index (χ4v) is 3.95. The van der Waals surface area contributed by atoms with Gasteiger partial charge in [0.05, 0.1) is 11.4 Å². The van der Waals surface area contributed by atoms with Gasteiger partial charge in [-0.25, -0.2) is 0 Å². The van der Waals surface area contributed by atoms with E-state index in [0.29, 0.717) is 22.5 Å². The van der Waals surface area contributed by atoms with Gasteiger partial charge in [0.25, 0.3) is 5.91 Å². The van der Waals surface area contributed by atoms with Gasteiger partial charge in [0.1, 0.15) is 0 Å². The summed E-state index contributed by atoms with van der Waals surface area (Å²) in [7, 11) is 0. The van der Waals surface area contributed by atoms with Crippen LogP contribution in [0.3, 0.4) is 0 Å². The molecule has 0 saturated heterocycles. The molecule has 0 bridgehead atoms. The van der Waals surface area contributed by atoms with E-state index in [2.05, 4.69) is 5.32 Å². The van der Waals surface area contributed by atoms with E-state index < -0.39 is 0 Å². The van der Waals surface area contributed by atoms with Crippen LogP contribution in [0.4, 0.5) is 0 Å². The maximum absolute atomic E-state index is 12.5. The Labute approximate surface area is 173 Å². The second-order valence-corrected chi connectivity index (χ2v) is 7.76. The van der Waals surface area contributed by atoms with Crippen molar-refractivity contribution in [1.29, 1.82) is 0 Å². The zero-order valence-electron chi connectivity index (χ0n) is 15.7. The first kappa shape index (κ1) is 18.8. The van der Waals surface area contributed by atoms with Crippen LogP contribution >= 0.6 is 11.3 Å². The average molecular weight is 397 g/mol. The van der Waals surface area contributed by atoms with Crippen molar-refractivity contribution in [3.63, 3.8) is 0 Å². The number of hydrogen-bond acceptors (Lipinski definition) is 3. The van der Waals surface area contributed by atoms with Crippen LogP contribution in [0.5, 0.6) is 0 Å². The zero-order valence-corrected chi connectivity index (χ0v) is 16.5. The van der Waals surface area contributed by atoms with Crippen LogP contribution in [0, 0.1) is 0 Å². The van der Waals surface area contributed by atoms with Gasteiger partial charge < -0.3 is 5.32 Å². The molecule has 0 aliphatic heterocycles. The number of amides is 1. The molecule has 3 nitrogen and oxygen atoms in total. The van der Waals surface area contributed by atoms with Crippen molar-refractivity contribution in [3.8, 4) is 11.1 Å². The molecular weight excluding hydrogens is 378 g/mol. The van der Waals surface area contributed by atoms with E-state index >= 15 is 0 Å². The Morgan fingerprint density at radius 3 is 1.97 bits per heavy atom. The number of nitrogens with one attached hydrogen (secondary N) is 1. The van der Waals surface area contributed by atoms with Crippen molar-refractivity contribution in [1.82, 2.24) is 5.32 Å². The van der Waals surface area contributed by atoms with Gasteiger partial charge in [0.2, 0.25) is 5.78 Å². The Bertz CT molecular complexity index is 1120. The van der Waals surface area contributed by atoms with Crippen LogP contribution in [0.15, 0.2) is 97.1 Å². The summed E-state index contributed by atoms with van der Waals surface area (Å²) in [4.78, 5) is 26.6. The number of benzene rings is 3. The van der Waals surface area contributed by atoms with E-state index in [1.165, 1.54) is 11.3 Å². The molecule has 0 fully saturated rings. The van der Waals surface area contributed by atoms with E-state index in [1.54, 1.807) is 0 Å². The van der Waals surface area contributed by atoms with Gasteiger partial charge in [-0.05, 0) is 35.4 Å². The highest BCUT2D eigenvalue weighted by Crippen LogP contribution is 2.21. The molecule has 3 aromatic carbocycles. The summed E-state index contributed by atoms with van der Waals surface area (Å²) in [5, 5.41) is 2.93. The van der Waals surface area contributed by atoms with Crippen molar-refractivity contribution < 1.29 is 9.59 Å². The van der Waals surface area contributed by atoms with E-state index in [0.717, 1.165) is 16.0 Å².